The summed E-state index contributed by atoms with van der Waals surface area (Å²) < 4.78 is 5.18. The number of hydrogen-bond acceptors (Lipinski definition) is 2. The average Bonchev–Trinajstić information content (AvgIpc) is 2.85. The summed E-state index contributed by atoms with van der Waals surface area (Å²) in [5.41, 5.74) is 2.17. The Balaban J connectivity index is 2.22. The molecular weight excluding hydrogens is 319 g/mol. The van der Waals surface area contributed by atoms with Crippen molar-refractivity contribution in [1.82, 2.24) is 9.97 Å². The van der Waals surface area contributed by atoms with E-state index in [1.807, 2.05) is 6.07 Å². The van der Waals surface area contributed by atoms with E-state index in [0.29, 0.717) is 32.2 Å². The summed E-state index contributed by atoms with van der Waals surface area (Å²) in [4.78, 5) is 7.65. The molecule has 0 saturated carbocycles. The zero-order valence-corrected chi connectivity index (χ0v) is 12.6. The van der Waals surface area contributed by atoms with Gasteiger partial charge in [0.05, 0.1) is 22.7 Å². The Bertz CT molecular complexity index is 798. The van der Waals surface area contributed by atoms with Gasteiger partial charge in [-0.05, 0) is 18.2 Å². The van der Waals surface area contributed by atoms with Crippen LogP contribution in [0.25, 0.3) is 22.4 Å². The van der Waals surface area contributed by atoms with Crippen LogP contribution >= 0.6 is 34.8 Å². The molecule has 3 aromatic rings. The number of methoxy groups -OCH3 is 1. The van der Waals surface area contributed by atoms with E-state index in [1.54, 1.807) is 31.4 Å². The number of H-pyrrole nitrogens is 1. The van der Waals surface area contributed by atoms with Crippen molar-refractivity contribution in [2.75, 3.05) is 7.11 Å². The summed E-state index contributed by atoms with van der Waals surface area (Å²) in [5, 5.41) is 1.67. The Morgan fingerprint density at radius 1 is 1.05 bits per heavy atom. The molecule has 3 nitrogen and oxygen atoms in total. The summed E-state index contributed by atoms with van der Waals surface area (Å²) in [5.74, 6) is 1.28. The van der Waals surface area contributed by atoms with E-state index >= 15 is 0 Å². The SMILES string of the molecule is COc1cc(Cl)c2nc(-c3cc(Cl)ccc3Cl)[nH]c2c1. The number of nitrogens with one attached hydrogen (secondary N) is 1. The van der Waals surface area contributed by atoms with Crippen LogP contribution in [-0.2, 0) is 0 Å². The third-order valence-electron chi connectivity index (χ3n) is 2.93. The zero-order chi connectivity index (χ0) is 14.3. The second kappa shape index (κ2) is 5.17. The maximum absolute atomic E-state index is 6.19. The first-order chi connectivity index (χ1) is 9.58. The van der Waals surface area contributed by atoms with Crippen molar-refractivity contribution < 1.29 is 4.74 Å². The lowest BCUT2D eigenvalue weighted by Crippen LogP contribution is -1.82. The molecule has 6 heteroatoms. The van der Waals surface area contributed by atoms with Gasteiger partial charge < -0.3 is 9.72 Å². The van der Waals surface area contributed by atoms with Gasteiger partial charge in [-0.2, -0.15) is 0 Å². The van der Waals surface area contributed by atoms with Gasteiger partial charge in [0.1, 0.15) is 17.1 Å². The topological polar surface area (TPSA) is 37.9 Å². The number of hydrogen-bond donors (Lipinski definition) is 1. The smallest absolute Gasteiger partial charge is 0.140 e. The normalized spacial score (nSPS) is 11.0. The first-order valence-corrected chi connectivity index (χ1v) is 6.90. The molecule has 0 atom stereocenters. The third-order valence-corrected chi connectivity index (χ3v) is 3.79. The Hall–Kier alpha value is -1.42. The first kappa shape index (κ1) is 13.6. The quantitative estimate of drug-likeness (QED) is 0.702. The Kier molecular flexibility index (Phi) is 3.50. The van der Waals surface area contributed by atoms with Crippen LogP contribution in [0.2, 0.25) is 15.1 Å². The number of fused-ring (bicyclic) bond motifs is 1. The van der Waals surface area contributed by atoms with Crippen LogP contribution < -0.4 is 4.74 Å². The number of aromatic amines is 1. The molecule has 0 amide bonds. The van der Waals surface area contributed by atoms with Crippen molar-refractivity contribution in [3.8, 4) is 17.1 Å². The van der Waals surface area contributed by atoms with Gasteiger partial charge in [-0.3, -0.25) is 0 Å². The Morgan fingerprint density at radius 2 is 1.85 bits per heavy atom. The molecule has 0 unspecified atom stereocenters. The van der Waals surface area contributed by atoms with Crippen molar-refractivity contribution in [3.63, 3.8) is 0 Å². The molecule has 102 valence electrons. The molecule has 0 fully saturated rings. The molecule has 1 N–H and O–H groups in total. The average molecular weight is 328 g/mol. The van der Waals surface area contributed by atoms with Crippen molar-refractivity contribution >= 4 is 45.8 Å². The summed E-state index contributed by atoms with van der Waals surface area (Å²) in [6.45, 7) is 0. The van der Waals surface area contributed by atoms with Crippen LogP contribution in [0.4, 0.5) is 0 Å². The predicted molar refractivity (Wildman–Crippen MR) is 83.1 cm³/mol. The number of rotatable bonds is 2. The Morgan fingerprint density at radius 3 is 2.60 bits per heavy atom. The van der Waals surface area contributed by atoms with Crippen LogP contribution in [-0.4, -0.2) is 17.1 Å². The molecule has 0 radical (unpaired) electrons. The van der Waals surface area contributed by atoms with Gasteiger partial charge in [-0.1, -0.05) is 34.8 Å². The van der Waals surface area contributed by atoms with E-state index in [9.17, 15) is 0 Å². The molecule has 0 aliphatic carbocycles. The van der Waals surface area contributed by atoms with Gasteiger partial charge >= 0.3 is 0 Å². The molecule has 1 heterocycles. The number of imidazole rings is 1. The molecule has 3 rings (SSSR count). The molecule has 20 heavy (non-hydrogen) atoms. The largest absolute Gasteiger partial charge is 0.497 e. The van der Waals surface area contributed by atoms with Crippen LogP contribution in [0.5, 0.6) is 5.75 Å². The van der Waals surface area contributed by atoms with Gasteiger partial charge in [0, 0.05) is 22.7 Å². The van der Waals surface area contributed by atoms with E-state index < -0.39 is 0 Å². The molecular formula is C14H9Cl3N2O. The highest BCUT2D eigenvalue weighted by atomic mass is 35.5. The molecule has 0 bridgehead atoms. The number of benzene rings is 2. The maximum atomic E-state index is 6.19. The molecule has 0 spiro atoms. The van der Waals surface area contributed by atoms with E-state index in [4.69, 9.17) is 39.5 Å². The number of halogens is 3. The molecule has 1 aromatic heterocycles. The van der Waals surface area contributed by atoms with Gasteiger partial charge in [-0.25, -0.2) is 4.98 Å². The summed E-state index contributed by atoms with van der Waals surface area (Å²) in [6.07, 6.45) is 0. The van der Waals surface area contributed by atoms with Gasteiger partial charge in [0.15, 0.2) is 0 Å². The minimum atomic E-state index is 0.514. The lowest BCUT2D eigenvalue weighted by molar-refractivity contribution is 0.415. The zero-order valence-electron chi connectivity index (χ0n) is 10.4. The lowest BCUT2D eigenvalue weighted by atomic mass is 10.2. The van der Waals surface area contributed by atoms with Gasteiger partial charge in [0.25, 0.3) is 0 Å². The maximum Gasteiger partial charge on any atom is 0.140 e. The first-order valence-electron chi connectivity index (χ1n) is 5.77. The van der Waals surface area contributed by atoms with E-state index in [-0.39, 0.29) is 0 Å². The lowest BCUT2D eigenvalue weighted by Gasteiger charge is -2.00. The second-order valence-electron chi connectivity index (χ2n) is 4.21. The number of aromatic nitrogens is 2. The van der Waals surface area contributed by atoms with Crippen LogP contribution in [0.3, 0.4) is 0 Å². The van der Waals surface area contributed by atoms with Crippen LogP contribution in [0.15, 0.2) is 30.3 Å². The second-order valence-corrected chi connectivity index (χ2v) is 5.47. The summed E-state index contributed by atoms with van der Waals surface area (Å²) in [7, 11) is 1.59. The third kappa shape index (κ3) is 2.33. The fourth-order valence-electron chi connectivity index (χ4n) is 1.97. The van der Waals surface area contributed by atoms with E-state index in [0.717, 1.165) is 11.1 Å². The number of nitrogens with zero attached hydrogens (tertiary/aromatic N) is 1. The fraction of sp³-hybridized carbons (Fsp3) is 0.0714. The van der Waals surface area contributed by atoms with Gasteiger partial charge in [-0.15, -0.1) is 0 Å². The fourth-order valence-corrected chi connectivity index (χ4v) is 2.61. The molecule has 0 saturated heterocycles. The summed E-state index contributed by atoms with van der Waals surface area (Å²) >= 11 is 18.4. The molecule has 2 aromatic carbocycles. The van der Waals surface area contributed by atoms with E-state index in [2.05, 4.69) is 9.97 Å². The standard InChI is InChI=1S/C14H9Cl3N2O/c1-20-8-5-11(17)13-12(6-8)18-14(19-13)9-4-7(15)2-3-10(9)16/h2-6H,1H3,(H,18,19). The van der Waals surface area contributed by atoms with Crippen molar-refractivity contribution in [2.45, 2.75) is 0 Å². The number of ether oxygens (including phenoxy) is 1. The van der Waals surface area contributed by atoms with Crippen molar-refractivity contribution in [2.24, 2.45) is 0 Å². The van der Waals surface area contributed by atoms with E-state index in [1.165, 1.54) is 0 Å². The summed E-state index contributed by atoms with van der Waals surface area (Å²) in [6, 6.07) is 8.76. The highest BCUT2D eigenvalue weighted by molar-refractivity contribution is 6.36. The highest BCUT2D eigenvalue weighted by Crippen LogP contribution is 2.33. The Labute approximate surface area is 130 Å². The highest BCUT2D eigenvalue weighted by Gasteiger charge is 2.12. The van der Waals surface area contributed by atoms with Crippen molar-refractivity contribution in [1.29, 1.82) is 0 Å². The van der Waals surface area contributed by atoms with Crippen molar-refractivity contribution in [3.05, 3.63) is 45.4 Å². The predicted octanol–water partition coefficient (Wildman–Crippen LogP) is 5.20. The molecule has 0 aliphatic heterocycles. The minimum Gasteiger partial charge on any atom is -0.497 e. The molecule has 0 aliphatic rings. The van der Waals surface area contributed by atoms with Gasteiger partial charge in [0.2, 0.25) is 0 Å². The van der Waals surface area contributed by atoms with Crippen LogP contribution in [0.1, 0.15) is 0 Å². The minimum absolute atomic E-state index is 0.514. The monoisotopic (exact) mass is 326 g/mol. The van der Waals surface area contributed by atoms with Crippen LogP contribution in [0, 0.1) is 0 Å².